The summed E-state index contributed by atoms with van der Waals surface area (Å²) in [6.07, 6.45) is 11.2. The van der Waals surface area contributed by atoms with Crippen LogP contribution in [0, 0.1) is 46.3 Å². The van der Waals surface area contributed by atoms with Crippen LogP contribution in [0.15, 0.2) is 0 Å². The minimum Gasteiger partial charge on any atom is -0.469 e. The summed E-state index contributed by atoms with van der Waals surface area (Å²) in [5.41, 5.74) is 0.636. The van der Waals surface area contributed by atoms with E-state index in [9.17, 15) is 9.90 Å². The van der Waals surface area contributed by atoms with E-state index in [1.54, 1.807) is 0 Å². The number of esters is 1. The fourth-order valence-electron chi connectivity index (χ4n) is 9.51. The van der Waals surface area contributed by atoms with Gasteiger partial charge in [-0.25, -0.2) is 0 Å². The number of aliphatic hydroxyl groups excluding tert-OH is 1. The predicted molar refractivity (Wildman–Crippen MR) is 149 cm³/mol. The first-order valence-electron chi connectivity index (χ1n) is 15.1. The number of rotatable bonds is 6. The summed E-state index contributed by atoms with van der Waals surface area (Å²) in [6.45, 7) is 19.3. The zero-order valence-corrected chi connectivity index (χ0v) is 25.9. The summed E-state index contributed by atoms with van der Waals surface area (Å²) in [5.74, 6) is 3.39. The third-order valence-electron chi connectivity index (χ3n) is 12.7. The molecule has 0 aromatic rings. The second kappa shape index (κ2) is 9.97. The molecule has 4 saturated carbocycles. The molecule has 0 aromatic heterocycles. The van der Waals surface area contributed by atoms with E-state index in [1.807, 2.05) is 0 Å². The molecule has 4 nitrogen and oxygen atoms in total. The molecule has 4 fully saturated rings. The van der Waals surface area contributed by atoms with Gasteiger partial charge in [0, 0.05) is 12.5 Å². The van der Waals surface area contributed by atoms with Crippen LogP contribution < -0.4 is 0 Å². The molecule has 0 radical (unpaired) electrons. The van der Waals surface area contributed by atoms with E-state index in [-0.39, 0.29) is 17.1 Å². The van der Waals surface area contributed by atoms with Crippen LogP contribution in [0.3, 0.4) is 0 Å². The molecule has 0 spiro atoms. The quantitative estimate of drug-likeness (QED) is 0.289. The predicted octanol–water partition coefficient (Wildman–Crippen LogP) is 7.60. The fraction of sp³-hybridized carbons (Fsp3) is 0.968. The van der Waals surface area contributed by atoms with Crippen LogP contribution in [0.1, 0.15) is 106 Å². The lowest BCUT2D eigenvalue weighted by molar-refractivity contribution is -0.173. The van der Waals surface area contributed by atoms with Gasteiger partial charge in [-0.3, -0.25) is 4.79 Å². The zero-order valence-electron chi connectivity index (χ0n) is 24.9. The molecule has 4 aliphatic rings. The number of methoxy groups -OCH3 is 1. The van der Waals surface area contributed by atoms with Crippen LogP contribution in [-0.4, -0.2) is 38.7 Å². The number of aliphatic hydroxyl groups is 1. The molecule has 208 valence electrons. The van der Waals surface area contributed by atoms with Crippen LogP contribution in [-0.2, 0) is 14.0 Å². The molecule has 0 saturated heterocycles. The number of carbonyl (C=O) groups is 1. The van der Waals surface area contributed by atoms with Gasteiger partial charge in [0.2, 0.25) is 0 Å². The molecule has 0 heterocycles. The van der Waals surface area contributed by atoms with E-state index in [4.69, 9.17) is 9.16 Å². The largest absolute Gasteiger partial charge is 0.469 e. The van der Waals surface area contributed by atoms with Gasteiger partial charge in [0.15, 0.2) is 8.32 Å². The molecule has 0 aromatic carbocycles. The van der Waals surface area contributed by atoms with Crippen molar-refractivity contribution in [1.29, 1.82) is 0 Å². The molecule has 4 rings (SSSR count). The topological polar surface area (TPSA) is 55.8 Å². The second-order valence-electron chi connectivity index (χ2n) is 15.4. The standard InChI is InChI=1S/C31H56O4Si/c1-20(10-13-27(33)34-7)23-11-12-24-28-25(15-17-31(23,24)6)30(5)16-14-22(18-21(30)19-26(28)32)35-36(8,9)29(2,3)4/h20-26,28,32H,10-19H2,1-9H3/t20?,21-,22+,23+,24-,25-,26+,28-,30-,31+/m0/s1. The molecule has 10 atom stereocenters. The summed E-state index contributed by atoms with van der Waals surface area (Å²) in [6, 6.07) is 0. The van der Waals surface area contributed by atoms with Crippen molar-refractivity contribution in [2.75, 3.05) is 7.11 Å². The van der Waals surface area contributed by atoms with Crippen LogP contribution in [0.4, 0.5) is 0 Å². The Morgan fingerprint density at radius 3 is 2.31 bits per heavy atom. The molecular formula is C31H56O4Si. The maximum atomic E-state index is 11.8. The van der Waals surface area contributed by atoms with Gasteiger partial charge >= 0.3 is 5.97 Å². The smallest absolute Gasteiger partial charge is 0.305 e. The Hall–Kier alpha value is -0.393. The third kappa shape index (κ3) is 4.88. The highest BCUT2D eigenvalue weighted by Gasteiger charge is 2.63. The lowest BCUT2D eigenvalue weighted by Gasteiger charge is -2.63. The molecule has 5 heteroatoms. The van der Waals surface area contributed by atoms with E-state index >= 15 is 0 Å². The molecule has 1 N–H and O–H groups in total. The highest BCUT2D eigenvalue weighted by Crippen LogP contribution is 2.68. The van der Waals surface area contributed by atoms with Gasteiger partial charge in [-0.15, -0.1) is 0 Å². The number of carbonyl (C=O) groups excluding carboxylic acids is 1. The normalized spacial score (nSPS) is 43.8. The highest BCUT2D eigenvalue weighted by atomic mass is 28.4. The Bertz CT molecular complexity index is 805. The number of hydrogen-bond acceptors (Lipinski definition) is 4. The first kappa shape index (κ1) is 28.6. The van der Waals surface area contributed by atoms with Crippen LogP contribution in [0.25, 0.3) is 0 Å². The fourth-order valence-corrected chi connectivity index (χ4v) is 10.9. The van der Waals surface area contributed by atoms with Crippen LogP contribution in [0.2, 0.25) is 18.1 Å². The molecule has 0 bridgehead atoms. The summed E-state index contributed by atoms with van der Waals surface area (Å²) in [4.78, 5) is 11.8. The average Bonchev–Trinajstić information content (AvgIpc) is 3.14. The highest BCUT2D eigenvalue weighted by molar-refractivity contribution is 6.74. The minimum atomic E-state index is -1.78. The van der Waals surface area contributed by atoms with E-state index in [2.05, 4.69) is 54.6 Å². The van der Waals surface area contributed by atoms with E-state index in [0.717, 1.165) is 19.3 Å². The van der Waals surface area contributed by atoms with Crippen molar-refractivity contribution in [3.8, 4) is 0 Å². The Labute approximate surface area is 222 Å². The Morgan fingerprint density at radius 2 is 1.67 bits per heavy atom. The SMILES string of the molecule is COC(=O)CCC(C)[C@H]1CC[C@H]2[C@@H]3[C@H](O)C[C@@H]4C[C@H](O[Si](C)(C)C(C)(C)C)CC[C@]4(C)[C@H]3CC[C@]12C. The van der Waals surface area contributed by atoms with Crippen molar-refractivity contribution < 1.29 is 19.1 Å². The molecule has 36 heavy (non-hydrogen) atoms. The molecule has 4 aliphatic carbocycles. The summed E-state index contributed by atoms with van der Waals surface area (Å²) < 4.78 is 11.8. The third-order valence-corrected chi connectivity index (χ3v) is 17.2. The van der Waals surface area contributed by atoms with Crippen LogP contribution >= 0.6 is 0 Å². The minimum absolute atomic E-state index is 0.0833. The zero-order chi connectivity index (χ0) is 26.7. The molecule has 0 amide bonds. The monoisotopic (exact) mass is 520 g/mol. The van der Waals surface area contributed by atoms with E-state index in [1.165, 1.54) is 45.6 Å². The molecule has 1 unspecified atom stereocenters. The lowest BCUT2D eigenvalue weighted by Crippen LogP contribution is -2.59. The number of hydrogen-bond donors (Lipinski definition) is 1. The Kier molecular flexibility index (Phi) is 7.93. The number of ether oxygens (including phenoxy) is 1. The Morgan fingerprint density at radius 1 is 1.03 bits per heavy atom. The Balaban J connectivity index is 1.47. The average molecular weight is 521 g/mol. The molecular weight excluding hydrogens is 464 g/mol. The lowest BCUT2D eigenvalue weighted by atomic mass is 9.43. The summed E-state index contributed by atoms with van der Waals surface area (Å²) in [5, 5.41) is 11.9. The number of fused-ring (bicyclic) bond motifs is 5. The summed E-state index contributed by atoms with van der Waals surface area (Å²) in [7, 11) is -0.286. The van der Waals surface area contributed by atoms with Crippen molar-refractivity contribution in [2.24, 2.45) is 46.3 Å². The summed E-state index contributed by atoms with van der Waals surface area (Å²) >= 11 is 0. The van der Waals surface area contributed by atoms with Gasteiger partial charge in [-0.1, -0.05) is 41.5 Å². The van der Waals surface area contributed by atoms with Gasteiger partial charge in [-0.2, -0.15) is 0 Å². The van der Waals surface area contributed by atoms with Crippen molar-refractivity contribution in [1.82, 2.24) is 0 Å². The van der Waals surface area contributed by atoms with Crippen molar-refractivity contribution >= 4 is 14.3 Å². The first-order valence-corrected chi connectivity index (χ1v) is 18.0. The molecule has 0 aliphatic heterocycles. The maximum absolute atomic E-state index is 11.8. The first-order chi connectivity index (χ1) is 16.6. The van der Waals surface area contributed by atoms with Gasteiger partial charge in [0.1, 0.15) is 0 Å². The van der Waals surface area contributed by atoms with Crippen molar-refractivity contribution in [3.05, 3.63) is 0 Å². The van der Waals surface area contributed by atoms with Gasteiger partial charge in [-0.05, 0) is 122 Å². The van der Waals surface area contributed by atoms with E-state index in [0.29, 0.717) is 58.9 Å². The van der Waals surface area contributed by atoms with Gasteiger partial charge in [0.05, 0.1) is 13.2 Å². The second-order valence-corrected chi connectivity index (χ2v) is 20.1. The van der Waals surface area contributed by atoms with Crippen molar-refractivity contribution in [2.45, 2.75) is 136 Å². The maximum Gasteiger partial charge on any atom is 0.305 e. The van der Waals surface area contributed by atoms with E-state index < -0.39 is 8.32 Å². The van der Waals surface area contributed by atoms with Gasteiger partial charge < -0.3 is 14.3 Å². The van der Waals surface area contributed by atoms with Crippen molar-refractivity contribution in [3.63, 3.8) is 0 Å². The van der Waals surface area contributed by atoms with Gasteiger partial charge in [0.25, 0.3) is 0 Å². The van der Waals surface area contributed by atoms with Crippen LogP contribution in [0.5, 0.6) is 0 Å².